The fourth-order valence-electron chi connectivity index (χ4n) is 2.94. The van der Waals surface area contributed by atoms with Crippen LogP contribution in [0.15, 0.2) is 22.6 Å². The minimum atomic E-state index is 0.688. The van der Waals surface area contributed by atoms with Crippen molar-refractivity contribution in [3.05, 3.63) is 29.0 Å². The van der Waals surface area contributed by atoms with Gasteiger partial charge in [-0.1, -0.05) is 11.6 Å². The summed E-state index contributed by atoms with van der Waals surface area (Å²) in [6, 6.07) is 5.63. The number of aromatic nitrogens is 2. The molecule has 1 fully saturated rings. The van der Waals surface area contributed by atoms with Crippen LogP contribution in [0.25, 0.3) is 22.1 Å². The van der Waals surface area contributed by atoms with Crippen molar-refractivity contribution in [3.8, 4) is 0 Å². The Labute approximate surface area is 133 Å². The summed E-state index contributed by atoms with van der Waals surface area (Å²) in [4.78, 5) is 13.8. The lowest BCUT2D eigenvalue weighted by Crippen LogP contribution is -2.45. The molecule has 0 N–H and O–H groups in total. The maximum atomic E-state index is 6.12. The normalized spacial score (nSPS) is 16.8. The molecule has 0 spiro atoms. The highest BCUT2D eigenvalue weighted by Crippen LogP contribution is 2.34. The topological polar surface area (TPSA) is 45.4 Å². The van der Waals surface area contributed by atoms with Gasteiger partial charge in [0, 0.05) is 36.6 Å². The molecule has 0 unspecified atom stereocenters. The Balaban J connectivity index is 1.92. The van der Waals surface area contributed by atoms with Crippen molar-refractivity contribution < 1.29 is 4.42 Å². The molecule has 1 aromatic carbocycles. The van der Waals surface area contributed by atoms with Gasteiger partial charge in [0.1, 0.15) is 16.9 Å². The maximum Gasteiger partial charge on any atom is 0.196 e. The van der Waals surface area contributed by atoms with E-state index in [1.54, 1.807) is 0 Å². The van der Waals surface area contributed by atoms with Crippen molar-refractivity contribution in [3.63, 3.8) is 0 Å². The van der Waals surface area contributed by atoms with E-state index in [0.29, 0.717) is 5.02 Å². The second kappa shape index (κ2) is 5.11. The van der Waals surface area contributed by atoms with Crippen LogP contribution in [0.4, 0.5) is 5.82 Å². The smallest absolute Gasteiger partial charge is 0.196 e. The van der Waals surface area contributed by atoms with Crippen LogP contribution >= 0.6 is 11.6 Å². The van der Waals surface area contributed by atoms with Gasteiger partial charge in [-0.15, -0.1) is 0 Å². The lowest BCUT2D eigenvalue weighted by atomic mass is 10.2. The first-order valence-electron chi connectivity index (χ1n) is 7.42. The Hall–Kier alpha value is -1.85. The second-order valence-corrected chi connectivity index (χ2v) is 6.24. The van der Waals surface area contributed by atoms with E-state index in [4.69, 9.17) is 16.0 Å². The molecular weight excluding hydrogens is 300 g/mol. The molecular formula is C16H17ClN4O. The van der Waals surface area contributed by atoms with Crippen molar-refractivity contribution in [2.75, 3.05) is 38.1 Å². The Morgan fingerprint density at radius 2 is 1.91 bits per heavy atom. The Morgan fingerprint density at radius 3 is 2.68 bits per heavy atom. The van der Waals surface area contributed by atoms with Crippen LogP contribution in [-0.4, -0.2) is 48.1 Å². The molecule has 3 aromatic rings. The zero-order chi connectivity index (χ0) is 15.3. The van der Waals surface area contributed by atoms with E-state index >= 15 is 0 Å². The molecule has 1 aliphatic rings. The summed E-state index contributed by atoms with van der Waals surface area (Å²) >= 11 is 6.12. The number of likely N-dealkylation sites (N-methyl/N-ethyl adjacent to an activating group) is 1. The van der Waals surface area contributed by atoms with E-state index in [9.17, 15) is 0 Å². The number of hydrogen-bond donors (Lipinski definition) is 0. The molecule has 5 nitrogen and oxygen atoms in total. The van der Waals surface area contributed by atoms with E-state index in [2.05, 4.69) is 26.8 Å². The average molecular weight is 317 g/mol. The Morgan fingerprint density at radius 1 is 1.14 bits per heavy atom. The molecule has 0 bridgehead atoms. The highest BCUT2D eigenvalue weighted by Gasteiger charge is 2.22. The van der Waals surface area contributed by atoms with Gasteiger partial charge in [0.15, 0.2) is 11.4 Å². The molecule has 22 heavy (non-hydrogen) atoms. The third-order valence-corrected chi connectivity index (χ3v) is 4.41. The summed E-state index contributed by atoms with van der Waals surface area (Å²) in [5, 5.41) is 1.64. The van der Waals surface area contributed by atoms with Gasteiger partial charge in [0.2, 0.25) is 0 Å². The highest BCUT2D eigenvalue weighted by atomic mass is 35.5. The van der Waals surface area contributed by atoms with Crippen molar-refractivity contribution in [2.24, 2.45) is 0 Å². The number of furan rings is 1. The number of anilines is 1. The molecule has 0 radical (unpaired) electrons. The van der Waals surface area contributed by atoms with Gasteiger partial charge in [0.05, 0.1) is 0 Å². The summed E-state index contributed by atoms with van der Waals surface area (Å²) in [5.74, 6) is 1.65. The van der Waals surface area contributed by atoms with Crippen LogP contribution in [-0.2, 0) is 0 Å². The van der Waals surface area contributed by atoms with Crippen LogP contribution in [0.3, 0.4) is 0 Å². The van der Waals surface area contributed by atoms with Crippen molar-refractivity contribution >= 4 is 39.5 Å². The lowest BCUT2D eigenvalue weighted by Gasteiger charge is -2.33. The third-order valence-electron chi connectivity index (χ3n) is 4.17. The summed E-state index contributed by atoms with van der Waals surface area (Å²) < 4.78 is 6.03. The second-order valence-electron chi connectivity index (χ2n) is 5.81. The number of halogens is 1. The molecule has 114 valence electrons. The molecule has 1 saturated heterocycles. The molecule has 0 amide bonds. The first-order chi connectivity index (χ1) is 10.6. The number of benzene rings is 1. The standard InChI is InChI=1S/C16H17ClN4O/c1-10-18-14-12-9-11(17)3-4-13(12)22-15(14)16(19-10)21-7-5-20(2)6-8-21/h3-4,9H,5-8H2,1-2H3. The summed E-state index contributed by atoms with van der Waals surface area (Å²) in [6.45, 7) is 5.86. The summed E-state index contributed by atoms with van der Waals surface area (Å²) in [7, 11) is 2.14. The molecule has 0 saturated carbocycles. The zero-order valence-electron chi connectivity index (χ0n) is 12.6. The molecule has 1 aliphatic heterocycles. The van der Waals surface area contributed by atoms with Gasteiger partial charge in [-0.2, -0.15) is 0 Å². The fraction of sp³-hybridized carbons (Fsp3) is 0.375. The van der Waals surface area contributed by atoms with Crippen LogP contribution in [0.2, 0.25) is 5.02 Å². The highest BCUT2D eigenvalue weighted by molar-refractivity contribution is 6.31. The number of rotatable bonds is 1. The minimum absolute atomic E-state index is 0.688. The molecule has 6 heteroatoms. The van der Waals surface area contributed by atoms with Crippen molar-refractivity contribution in [1.82, 2.24) is 14.9 Å². The van der Waals surface area contributed by atoms with Crippen molar-refractivity contribution in [2.45, 2.75) is 6.92 Å². The molecule has 0 aliphatic carbocycles. The number of piperazine rings is 1. The first kappa shape index (κ1) is 13.8. The van der Waals surface area contributed by atoms with Gasteiger partial charge >= 0.3 is 0 Å². The van der Waals surface area contributed by atoms with Gasteiger partial charge in [-0.3, -0.25) is 0 Å². The van der Waals surface area contributed by atoms with Crippen LogP contribution in [0.1, 0.15) is 5.82 Å². The third kappa shape index (κ3) is 2.21. The zero-order valence-corrected chi connectivity index (χ0v) is 13.4. The predicted octanol–water partition coefficient (Wildman–Crippen LogP) is 3.09. The van der Waals surface area contributed by atoms with Crippen molar-refractivity contribution in [1.29, 1.82) is 0 Å². The van der Waals surface area contributed by atoms with E-state index in [0.717, 1.165) is 59.9 Å². The van der Waals surface area contributed by atoms with E-state index in [-0.39, 0.29) is 0 Å². The van der Waals surface area contributed by atoms with E-state index in [1.165, 1.54) is 0 Å². The molecule has 4 rings (SSSR count). The number of aryl methyl sites for hydroxylation is 1. The maximum absolute atomic E-state index is 6.12. The first-order valence-corrected chi connectivity index (χ1v) is 7.79. The molecule has 0 atom stereocenters. The average Bonchev–Trinajstić information content (AvgIpc) is 2.85. The van der Waals surface area contributed by atoms with Crippen LogP contribution in [0.5, 0.6) is 0 Å². The molecule has 2 aromatic heterocycles. The fourth-order valence-corrected chi connectivity index (χ4v) is 3.11. The number of nitrogens with zero attached hydrogens (tertiary/aromatic N) is 4. The van der Waals surface area contributed by atoms with Gasteiger partial charge in [-0.05, 0) is 32.2 Å². The van der Waals surface area contributed by atoms with E-state index in [1.807, 2.05) is 25.1 Å². The van der Waals surface area contributed by atoms with Gasteiger partial charge < -0.3 is 14.2 Å². The summed E-state index contributed by atoms with van der Waals surface area (Å²) in [6.07, 6.45) is 0. The largest absolute Gasteiger partial charge is 0.450 e. The molecule has 3 heterocycles. The quantitative estimate of drug-likeness (QED) is 0.690. The minimum Gasteiger partial charge on any atom is -0.450 e. The van der Waals surface area contributed by atoms with Crippen LogP contribution < -0.4 is 4.90 Å². The monoisotopic (exact) mass is 316 g/mol. The number of hydrogen-bond acceptors (Lipinski definition) is 5. The lowest BCUT2D eigenvalue weighted by molar-refractivity contribution is 0.312. The Bertz CT molecular complexity index is 852. The Kier molecular flexibility index (Phi) is 3.20. The SMILES string of the molecule is Cc1nc(N2CCN(C)CC2)c2oc3ccc(Cl)cc3c2n1. The van der Waals surface area contributed by atoms with Gasteiger partial charge in [0.25, 0.3) is 0 Å². The number of fused-ring (bicyclic) bond motifs is 3. The predicted molar refractivity (Wildman–Crippen MR) is 88.8 cm³/mol. The summed E-state index contributed by atoms with van der Waals surface area (Å²) in [5.41, 5.74) is 2.40. The van der Waals surface area contributed by atoms with E-state index < -0.39 is 0 Å². The van der Waals surface area contributed by atoms with Crippen LogP contribution in [0, 0.1) is 6.92 Å². The van der Waals surface area contributed by atoms with Gasteiger partial charge in [-0.25, -0.2) is 9.97 Å².